The van der Waals surface area contributed by atoms with Gasteiger partial charge in [0, 0.05) is 6.04 Å². The Labute approximate surface area is 91.4 Å². The number of carbonyl (C=O) groups excluding carboxylic acids is 1. The van der Waals surface area contributed by atoms with Gasteiger partial charge in [-0.1, -0.05) is 0 Å². The Kier molecular flexibility index (Phi) is 2.53. The molecular weight excluding hydrogens is 190 g/mol. The Hall–Kier alpha value is -0.570. The van der Waals surface area contributed by atoms with E-state index in [0.717, 1.165) is 12.8 Å². The SMILES string of the molecule is CC(C)(C)OC(=O)[C@@H]1[C@@H]2CC[C@@H](C2)[C@H]1N. The number of carbonyl (C=O) groups is 1. The molecule has 0 aliphatic heterocycles. The lowest BCUT2D eigenvalue weighted by Gasteiger charge is -2.29. The van der Waals surface area contributed by atoms with Gasteiger partial charge in [-0.15, -0.1) is 0 Å². The molecule has 86 valence electrons. The molecule has 0 aromatic heterocycles. The Balaban J connectivity index is 2.02. The zero-order valence-corrected chi connectivity index (χ0v) is 9.82. The first-order valence-corrected chi connectivity index (χ1v) is 5.87. The van der Waals surface area contributed by atoms with Crippen LogP contribution in [0.1, 0.15) is 40.0 Å². The minimum atomic E-state index is -0.390. The molecule has 2 bridgehead atoms. The second-order valence-corrected chi connectivity index (χ2v) is 5.97. The molecule has 2 rings (SSSR count). The van der Waals surface area contributed by atoms with Crippen LogP contribution in [0.2, 0.25) is 0 Å². The maximum Gasteiger partial charge on any atom is 0.311 e. The summed E-state index contributed by atoms with van der Waals surface area (Å²) in [6.07, 6.45) is 3.48. The van der Waals surface area contributed by atoms with Crippen LogP contribution in [0, 0.1) is 17.8 Å². The summed E-state index contributed by atoms with van der Waals surface area (Å²) >= 11 is 0. The standard InChI is InChI=1S/C12H21NO2/c1-12(2,3)15-11(14)9-7-4-5-8(6-7)10(9)13/h7-10H,4-6,13H2,1-3H3/t7-,8+,9-,10-/m1/s1. The van der Waals surface area contributed by atoms with Crippen molar-refractivity contribution in [1.82, 2.24) is 0 Å². The van der Waals surface area contributed by atoms with Crippen molar-refractivity contribution in [3.63, 3.8) is 0 Å². The third kappa shape index (κ3) is 2.03. The van der Waals surface area contributed by atoms with Crippen LogP contribution in [-0.2, 0) is 9.53 Å². The predicted molar refractivity (Wildman–Crippen MR) is 58.1 cm³/mol. The average Bonchev–Trinajstić information content (AvgIpc) is 2.59. The summed E-state index contributed by atoms with van der Waals surface area (Å²) in [5.74, 6) is 0.928. The van der Waals surface area contributed by atoms with Gasteiger partial charge in [-0.2, -0.15) is 0 Å². The van der Waals surface area contributed by atoms with Gasteiger partial charge in [0.05, 0.1) is 5.92 Å². The number of rotatable bonds is 1. The zero-order chi connectivity index (χ0) is 11.2. The van der Waals surface area contributed by atoms with Crippen molar-refractivity contribution in [2.24, 2.45) is 23.5 Å². The summed E-state index contributed by atoms with van der Waals surface area (Å²) in [6, 6.07) is 0.0404. The van der Waals surface area contributed by atoms with E-state index in [-0.39, 0.29) is 17.9 Å². The van der Waals surface area contributed by atoms with E-state index in [9.17, 15) is 4.79 Å². The molecule has 0 spiro atoms. The minimum Gasteiger partial charge on any atom is -0.460 e. The van der Waals surface area contributed by atoms with E-state index in [1.54, 1.807) is 0 Å². The van der Waals surface area contributed by atoms with E-state index < -0.39 is 5.60 Å². The van der Waals surface area contributed by atoms with Gasteiger partial charge in [0.1, 0.15) is 5.60 Å². The Bertz CT molecular complexity index is 267. The molecule has 2 aliphatic rings. The van der Waals surface area contributed by atoms with Crippen molar-refractivity contribution in [2.45, 2.75) is 51.7 Å². The number of hydrogen-bond acceptors (Lipinski definition) is 3. The molecule has 2 saturated carbocycles. The molecule has 0 radical (unpaired) electrons. The summed E-state index contributed by atoms with van der Waals surface area (Å²) in [5.41, 5.74) is 5.69. The molecule has 0 heterocycles. The highest BCUT2D eigenvalue weighted by Gasteiger charge is 2.50. The van der Waals surface area contributed by atoms with Crippen LogP contribution >= 0.6 is 0 Å². The van der Waals surface area contributed by atoms with E-state index in [1.165, 1.54) is 6.42 Å². The van der Waals surface area contributed by atoms with E-state index >= 15 is 0 Å². The van der Waals surface area contributed by atoms with Crippen LogP contribution in [0.5, 0.6) is 0 Å². The zero-order valence-electron chi connectivity index (χ0n) is 9.82. The number of nitrogens with two attached hydrogens (primary N) is 1. The first-order valence-electron chi connectivity index (χ1n) is 5.87. The molecule has 2 fully saturated rings. The number of ether oxygens (including phenoxy) is 1. The lowest BCUT2D eigenvalue weighted by atomic mass is 9.85. The first kappa shape index (κ1) is 10.9. The van der Waals surface area contributed by atoms with Crippen LogP contribution < -0.4 is 5.73 Å². The second-order valence-electron chi connectivity index (χ2n) is 5.97. The minimum absolute atomic E-state index is 0.0389. The van der Waals surface area contributed by atoms with Crippen LogP contribution in [0.25, 0.3) is 0 Å². The molecular formula is C12H21NO2. The molecule has 0 saturated heterocycles. The summed E-state index contributed by atoms with van der Waals surface area (Å²) < 4.78 is 5.43. The van der Waals surface area contributed by atoms with Crippen molar-refractivity contribution in [3.8, 4) is 0 Å². The molecule has 0 unspecified atom stereocenters. The van der Waals surface area contributed by atoms with Crippen molar-refractivity contribution in [3.05, 3.63) is 0 Å². The Morgan fingerprint density at radius 1 is 1.27 bits per heavy atom. The molecule has 15 heavy (non-hydrogen) atoms. The van der Waals surface area contributed by atoms with Gasteiger partial charge >= 0.3 is 5.97 Å². The van der Waals surface area contributed by atoms with Gasteiger partial charge in [0.25, 0.3) is 0 Å². The van der Waals surface area contributed by atoms with Crippen molar-refractivity contribution < 1.29 is 9.53 Å². The number of hydrogen-bond donors (Lipinski definition) is 1. The maximum absolute atomic E-state index is 12.0. The van der Waals surface area contributed by atoms with E-state index in [1.807, 2.05) is 20.8 Å². The molecule has 3 heteroatoms. The fourth-order valence-electron chi connectivity index (χ4n) is 3.06. The van der Waals surface area contributed by atoms with Gasteiger partial charge < -0.3 is 10.5 Å². The molecule has 0 aromatic rings. The van der Waals surface area contributed by atoms with Gasteiger partial charge in [0.15, 0.2) is 0 Å². The highest BCUT2D eigenvalue weighted by atomic mass is 16.6. The maximum atomic E-state index is 12.0. The third-order valence-electron chi connectivity index (χ3n) is 3.66. The molecule has 3 nitrogen and oxygen atoms in total. The average molecular weight is 211 g/mol. The van der Waals surface area contributed by atoms with E-state index in [4.69, 9.17) is 10.5 Å². The highest BCUT2D eigenvalue weighted by Crippen LogP contribution is 2.48. The van der Waals surface area contributed by atoms with Crippen molar-refractivity contribution in [2.75, 3.05) is 0 Å². The lowest BCUT2D eigenvalue weighted by Crippen LogP contribution is -2.43. The normalized spacial score (nSPS) is 39.5. The van der Waals surface area contributed by atoms with Crippen LogP contribution in [0.3, 0.4) is 0 Å². The van der Waals surface area contributed by atoms with Gasteiger partial charge in [-0.25, -0.2) is 0 Å². The smallest absolute Gasteiger partial charge is 0.311 e. The highest BCUT2D eigenvalue weighted by molar-refractivity contribution is 5.75. The predicted octanol–water partition coefficient (Wildman–Crippen LogP) is 1.70. The summed E-state index contributed by atoms with van der Waals surface area (Å²) in [5, 5.41) is 0. The molecule has 4 atom stereocenters. The summed E-state index contributed by atoms with van der Waals surface area (Å²) in [6.45, 7) is 5.72. The lowest BCUT2D eigenvalue weighted by molar-refractivity contribution is -0.162. The summed E-state index contributed by atoms with van der Waals surface area (Å²) in [7, 11) is 0. The van der Waals surface area contributed by atoms with E-state index in [0.29, 0.717) is 11.8 Å². The topological polar surface area (TPSA) is 52.3 Å². The molecule has 2 aliphatic carbocycles. The molecule has 2 N–H and O–H groups in total. The monoisotopic (exact) mass is 211 g/mol. The van der Waals surface area contributed by atoms with Crippen LogP contribution in [0.4, 0.5) is 0 Å². The van der Waals surface area contributed by atoms with Gasteiger partial charge in [0.2, 0.25) is 0 Å². The molecule has 0 amide bonds. The fraction of sp³-hybridized carbons (Fsp3) is 0.917. The van der Waals surface area contributed by atoms with Gasteiger partial charge in [-0.05, 0) is 51.9 Å². The fourth-order valence-corrected chi connectivity index (χ4v) is 3.06. The quantitative estimate of drug-likeness (QED) is 0.672. The van der Waals surface area contributed by atoms with E-state index in [2.05, 4.69) is 0 Å². The first-order chi connectivity index (χ1) is 6.88. The van der Waals surface area contributed by atoms with Gasteiger partial charge in [-0.3, -0.25) is 4.79 Å². The Morgan fingerprint density at radius 2 is 1.87 bits per heavy atom. The Morgan fingerprint density at radius 3 is 2.33 bits per heavy atom. The summed E-state index contributed by atoms with van der Waals surface area (Å²) in [4.78, 5) is 12.0. The third-order valence-corrected chi connectivity index (χ3v) is 3.66. The number of esters is 1. The van der Waals surface area contributed by atoms with Crippen LogP contribution in [-0.4, -0.2) is 17.6 Å². The van der Waals surface area contributed by atoms with Crippen molar-refractivity contribution >= 4 is 5.97 Å². The number of fused-ring (bicyclic) bond motifs is 2. The second kappa shape index (κ2) is 3.48. The van der Waals surface area contributed by atoms with Crippen molar-refractivity contribution in [1.29, 1.82) is 0 Å². The molecule has 0 aromatic carbocycles. The van der Waals surface area contributed by atoms with Crippen LogP contribution in [0.15, 0.2) is 0 Å². The largest absolute Gasteiger partial charge is 0.460 e.